The van der Waals surface area contributed by atoms with Gasteiger partial charge in [0, 0.05) is 25.5 Å². The van der Waals surface area contributed by atoms with Gasteiger partial charge in [0.1, 0.15) is 11.4 Å². The molecule has 28 heavy (non-hydrogen) atoms. The van der Waals surface area contributed by atoms with Crippen LogP contribution < -0.4 is 4.74 Å². The fourth-order valence-electron chi connectivity index (χ4n) is 3.51. The van der Waals surface area contributed by atoms with Crippen LogP contribution in [0.5, 0.6) is 5.75 Å². The minimum atomic E-state index is -0.777. The standard InChI is InChI=1S/C21H25N3O4/c1-2-27-20(26)21(10-14-28-17-7-4-3-5-8-17)9-6-13-24(16-21)19(25)18-15-22-11-12-23-18/h3-5,7-8,11-12,15H,2,6,9-10,13-14,16H2,1H3/t21-/m1/s1. The number of esters is 1. The van der Waals surface area contributed by atoms with Crippen molar-refractivity contribution in [2.24, 2.45) is 5.41 Å². The summed E-state index contributed by atoms with van der Waals surface area (Å²) in [6.45, 7) is 3.33. The molecule has 3 rings (SSSR count). The largest absolute Gasteiger partial charge is 0.494 e. The van der Waals surface area contributed by atoms with Gasteiger partial charge < -0.3 is 14.4 Å². The van der Waals surface area contributed by atoms with Crippen molar-refractivity contribution in [3.8, 4) is 5.75 Å². The van der Waals surface area contributed by atoms with Gasteiger partial charge in [-0.1, -0.05) is 18.2 Å². The van der Waals surface area contributed by atoms with Crippen molar-refractivity contribution < 1.29 is 19.1 Å². The summed E-state index contributed by atoms with van der Waals surface area (Å²) in [5.41, 5.74) is -0.497. The molecule has 0 aliphatic carbocycles. The molecule has 7 heteroatoms. The molecular formula is C21H25N3O4. The van der Waals surface area contributed by atoms with Crippen LogP contribution in [0.1, 0.15) is 36.7 Å². The first-order chi connectivity index (χ1) is 13.6. The van der Waals surface area contributed by atoms with E-state index in [1.54, 1.807) is 11.8 Å². The molecule has 0 saturated carbocycles. The second-order valence-corrected chi connectivity index (χ2v) is 6.83. The Kier molecular flexibility index (Phi) is 6.57. The normalized spacial score (nSPS) is 19.1. The van der Waals surface area contributed by atoms with Crippen LogP contribution in [0.15, 0.2) is 48.9 Å². The van der Waals surface area contributed by atoms with E-state index in [0.29, 0.717) is 39.1 Å². The quantitative estimate of drug-likeness (QED) is 0.684. The molecule has 0 N–H and O–H groups in total. The SMILES string of the molecule is CCOC(=O)[C@@]1(CCOc2ccccc2)CCCN(C(=O)c2cnccn2)C1. The van der Waals surface area contributed by atoms with E-state index in [2.05, 4.69) is 9.97 Å². The van der Waals surface area contributed by atoms with Gasteiger partial charge in [-0.05, 0) is 38.3 Å². The fourth-order valence-corrected chi connectivity index (χ4v) is 3.51. The van der Waals surface area contributed by atoms with Gasteiger partial charge in [0.25, 0.3) is 5.91 Å². The molecule has 7 nitrogen and oxygen atoms in total. The maximum atomic E-state index is 12.8. The lowest BCUT2D eigenvalue weighted by molar-refractivity contribution is -0.159. The number of para-hydroxylation sites is 1. The second kappa shape index (κ2) is 9.30. The van der Waals surface area contributed by atoms with Gasteiger partial charge in [-0.25, -0.2) is 4.98 Å². The Balaban J connectivity index is 1.72. The number of piperidine rings is 1. The number of hydrogen-bond acceptors (Lipinski definition) is 6. The van der Waals surface area contributed by atoms with Crippen LogP contribution in [-0.4, -0.2) is 53.0 Å². The highest BCUT2D eigenvalue weighted by Crippen LogP contribution is 2.35. The number of carbonyl (C=O) groups excluding carboxylic acids is 2. The number of rotatable bonds is 7. The molecule has 0 unspecified atom stereocenters. The highest BCUT2D eigenvalue weighted by molar-refractivity contribution is 5.92. The maximum absolute atomic E-state index is 12.8. The number of ether oxygens (including phenoxy) is 2. The number of benzene rings is 1. The summed E-state index contributed by atoms with van der Waals surface area (Å²) in [4.78, 5) is 35.4. The monoisotopic (exact) mass is 383 g/mol. The van der Waals surface area contributed by atoms with Crippen LogP contribution in [0.25, 0.3) is 0 Å². The van der Waals surface area contributed by atoms with E-state index in [1.807, 2.05) is 30.3 Å². The number of amides is 1. The number of likely N-dealkylation sites (tertiary alicyclic amines) is 1. The molecule has 0 spiro atoms. The third-order valence-electron chi connectivity index (χ3n) is 4.95. The van der Waals surface area contributed by atoms with Crippen molar-refractivity contribution in [1.82, 2.24) is 14.9 Å². The lowest BCUT2D eigenvalue weighted by Gasteiger charge is -2.40. The van der Waals surface area contributed by atoms with Gasteiger partial charge in [0.2, 0.25) is 0 Å². The summed E-state index contributed by atoms with van der Waals surface area (Å²) in [6.07, 6.45) is 6.32. The zero-order valence-corrected chi connectivity index (χ0v) is 16.0. The maximum Gasteiger partial charge on any atom is 0.314 e. The lowest BCUT2D eigenvalue weighted by Crippen LogP contribution is -2.51. The predicted octanol–water partition coefficient (Wildman–Crippen LogP) is 2.73. The van der Waals surface area contributed by atoms with Crippen molar-refractivity contribution in [2.45, 2.75) is 26.2 Å². The molecule has 148 valence electrons. The molecule has 1 aromatic heterocycles. The summed E-state index contributed by atoms with van der Waals surface area (Å²) in [5.74, 6) is 0.263. The van der Waals surface area contributed by atoms with Crippen molar-refractivity contribution >= 4 is 11.9 Å². The molecule has 1 aliphatic rings. The third-order valence-corrected chi connectivity index (χ3v) is 4.95. The summed E-state index contributed by atoms with van der Waals surface area (Å²) >= 11 is 0. The molecule has 2 heterocycles. The minimum Gasteiger partial charge on any atom is -0.494 e. The molecule has 1 saturated heterocycles. The molecular weight excluding hydrogens is 358 g/mol. The van der Waals surface area contributed by atoms with E-state index in [1.165, 1.54) is 18.6 Å². The average Bonchev–Trinajstić information content (AvgIpc) is 2.75. The van der Waals surface area contributed by atoms with Crippen molar-refractivity contribution in [1.29, 1.82) is 0 Å². The van der Waals surface area contributed by atoms with Gasteiger partial charge in [-0.2, -0.15) is 0 Å². The molecule has 1 fully saturated rings. The van der Waals surface area contributed by atoms with Crippen molar-refractivity contribution in [3.05, 3.63) is 54.6 Å². The summed E-state index contributed by atoms with van der Waals surface area (Å²) in [5, 5.41) is 0. The van der Waals surface area contributed by atoms with Crippen LogP contribution in [0.4, 0.5) is 0 Å². The highest BCUT2D eigenvalue weighted by Gasteiger charge is 2.44. The Labute approximate surface area is 164 Å². The van der Waals surface area contributed by atoms with E-state index in [-0.39, 0.29) is 17.6 Å². The average molecular weight is 383 g/mol. The first-order valence-corrected chi connectivity index (χ1v) is 9.55. The first kappa shape index (κ1) is 19.8. The third kappa shape index (κ3) is 4.65. The summed E-state index contributed by atoms with van der Waals surface area (Å²) < 4.78 is 11.2. The van der Waals surface area contributed by atoms with Crippen molar-refractivity contribution in [3.63, 3.8) is 0 Å². The van der Waals surface area contributed by atoms with Crippen LogP contribution in [0, 0.1) is 5.41 Å². The van der Waals surface area contributed by atoms with Gasteiger partial charge in [-0.3, -0.25) is 14.6 Å². The Morgan fingerprint density at radius 1 is 1.21 bits per heavy atom. The van der Waals surface area contributed by atoms with Gasteiger partial charge in [0.05, 0.1) is 24.8 Å². The summed E-state index contributed by atoms with van der Waals surface area (Å²) in [6, 6.07) is 9.48. The van der Waals surface area contributed by atoms with Crippen LogP contribution in [0.2, 0.25) is 0 Å². The van der Waals surface area contributed by atoms with E-state index >= 15 is 0 Å². The number of nitrogens with zero attached hydrogens (tertiary/aromatic N) is 3. The van der Waals surface area contributed by atoms with Crippen LogP contribution in [-0.2, 0) is 9.53 Å². The Morgan fingerprint density at radius 3 is 2.75 bits per heavy atom. The number of carbonyl (C=O) groups is 2. The smallest absolute Gasteiger partial charge is 0.314 e. The Morgan fingerprint density at radius 2 is 2.04 bits per heavy atom. The van der Waals surface area contributed by atoms with Gasteiger partial charge in [-0.15, -0.1) is 0 Å². The molecule has 1 aromatic carbocycles. The Bertz CT molecular complexity index is 785. The Hall–Kier alpha value is -2.96. The van der Waals surface area contributed by atoms with E-state index < -0.39 is 5.41 Å². The zero-order valence-electron chi connectivity index (χ0n) is 16.0. The predicted molar refractivity (Wildman–Crippen MR) is 103 cm³/mol. The van der Waals surface area contributed by atoms with E-state index in [9.17, 15) is 9.59 Å². The second-order valence-electron chi connectivity index (χ2n) is 6.83. The van der Waals surface area contributed by atoms with E-state index in [4.69, 9.17) is 9.47 Å². The van der Waals surface area contributed by atoms with E-state index in [0.717, 1.165) is 12.2 Å². The number of hydrogen-bond donors (Lipinski definition) is 0. The molecule has 1 amide bonds. The fraction of sp³-hybridized carbons (Fsp3) is 0.429. The molecule has 1 atom stereocenters. The first-order valence-electron chi connectivity index (χ1n) is 9.55. The molecule has 0 bridgehead atoms. The van der Waals surface area contributed by atoms with Crippen molar-refractivity contribution in [2.75, 3.05) is 26.3 Å². The van der Waals surface area contributed by atoms with Gasteiger partial charge >= 0.3 is 5.97 Å². The molecule has 0 radical (unpaired) electrons. The highest BCUT2D eigenvalue weighted by atomic mass is 16.5. The van der Waals surface area contributed by atoms with Crippen LogP contribution >= 0.6 is 0 Å². The van der Waals surface area contributed by atoms with Gasteiger partial charge in [0.15, 0.2) is 0 Å². The molecule has 1 aliphatic heterocycles. The number of aromatic nitrogens is 2. The minimum absolute atomic E-state index is 0.217. The molecule has 2 aromatic rings. The van der Waals surface area contributed by atoms with Crippen LogP contribution in [0.3, 0.4) is 0 Å². The summed E-state index contributed by atoms with van der Waals surface area (Å²) in [7, 11) is 0. The zero-order chi connectivity index (χ0) is 19.8. The topological polar surface area (TPSA) is 81.6 Å². The lowest BCUT2D eigenvalue weighted by atomic mass is 9.77.